The second-order valence-electron chi connectivity index (χ2n) is 4.19. The smallest absolute Gasteiger partial charge is 0.308 e. The molecule has 0 amide bonds. The number of benzene rings is 1. The molecule has 0 aromatic heterocycles. The number of carbonyl (C=O) groups is 1. The van der Waals surface area contributed by atoms with Crippen LogP contribution in [0, 0.1) is 0 Å². The first kappa shape index (κ1) is 16.1. The molecule has 0 bridgehead atoms. The Morgan fingerprint density at radius 1 is 1.16 bits per heavy atom. The molecule has 106 valence electrons. The van der Waals surface area contributed by atoms with Crippen LogP contribution in [0.15, 0.2) is 30.3 Å². The molecule has 0 aliphatic rings. The van der Waals surface area contributed by atoms with E-state index in [0.717, 1.165) is 5.56 Å². The van der Waals surface area contributed by atoms with E-state index in [-0.39, 0.29) is 19.0 Å². The molecule has 5 heteroatoms. The van der Waals surface area contributed by atoms with E-state index >= 15 is 0 Å². The summed E-state index contributed by atoms with van der Waals surface area (Å²) >= 11 is 0. The van der Waals surface area contributed by atoms with E-state index in [1.54, 1.807) is 13.8 Å². The molecule has 0 spiro atoms. The summed E-state index contributed by atoms with van der Waals surface area (Å²) in [4.78, 5) is 11.8. The molecule has 0 N–H and O–H groups in total. The highest BCUT2D eigenvalue weighted by Crippen LogP contribution is 2.54. The van der Waals surface area contributed by atoms with Crippen molar-refractivity contribution in [3.63, 3.8) is 0 Å². The number of hydrogen-bond donors (Lipinski definition) is 0. The van der Waals surface area contributed by atoms with E-state index in [2.05, 4.69) is 0 Å². The molecule has 19 heavy (non-hydrogen) atoms. The zero-order valence-electron chi connectivity index (χ0n) is 11.7. The summed E-state index contributed by atoms with van der Waals surface area (Å²) in [5.74, 6) is -0.172. The summed E-state index contributed by atoms with van der Waals surface area (Å²) in [5, 5.41) is 0. The lowest BCUT2D eigenvalue weighted by Gasteiger charge is -2.24. The standard InChI is InChI=1S/C14H21O4P/c1-4-17-19(16,18-5-2)14(12(3)15)11-13-9-7-6-8-10-13/h6-10,14H,4-5,11H2,1-3H3. The van der Waals surface area contributed by atoms with Crippen LogP contribution in [0.1, 0.15) is 26.3 Å². The summed E-state index contributed by atoms with van der Waals surface area (Å²) in [5.41, 5.74) is 0.206. The Kier molecular flexibility index (Phi) is 6.43. The van der Waals surface area contributed by atoms with Crippen molar-refractivity contribution in [1.29, 1.82) is 0 Å². The first-order valence-electron chi connectivity index (χ1n) is 6.46. The van der Waals surface area contributed by atoms with Gasteiger partial charge in [0.15, 0.2) is 0 Å². The van der Waals surface area contributed by atoms with Gasteiger partial charge < -0.3 is 9.05 Å². The molecular formula is C14H21O4P. The van der Waals surface area contributed by atoms with E-state index < -0.39 is 13.3 Å². The minimum atomic E-state index is -3.40. The van der Waals surface area contributed by atoms with Gasteiger partial charge >= 0.3 is 7.60 Å². The van der Waals surface area contributed by atoms with Crippen LogP contribution in [0.5, 0.6) is 0 Å². The monoisotopic (exact) mass is 284 g/mol. The predicted molar refractivity (Wildman–Crippen MR) is 75.5 cm³/mol. The fourth-order valence-electron chi connectivity index (χ4n) is 1.89. The van der Waals surface area contributed by atoms with Gasteiger partial charge in [0.1, 0.15) is 11.4 Å². The summed E-state index contributed by atoms with van der Waals surface area (Å²) < 4.78 is 23.3. The third-order valence-electron chi connectivity index (χ3n) is 2.74. The van der Waals surface area contributed by atoms with Crippen molar-refractivity contribution >= 4 is 13.4 Å². The molecular weight excluding hydrogens is 263 g/mol. The number of hydrogen-bond acceptors (Lipinski definition) is 4. The molecule has 1 aromatic carbocycles. The van der Waals surface area contributed by atoms with Gasteiger partial charge in [0, 0.05) is 0 Å². The molecule has 0 aliphatic carbocycles. The molecule has 1 aromatic rings. The molecule has 0 saturated heterocycles. The second kappa shape index (κ2) is 7.59. The van der Waals surface area contributed by atoms with Gasteiger partial charge in [0.2, 0.25) is 0 Å². The summed E-state index contributed by atoms with van der Waals surface area (Å²) in [6, 6.07) is 9.48. The fraction of sp³-hybridized carbons (Fsp3) is 0.500. The Balaban J connectivity index is 2.98. The quantitative estimate of drug-likeness (QED) is 0.686. The van der Waals surface area contributed by atoms with Crippen LogP contribution >= 0.6 is 7.60 Å². The first-order valence-corrected chi connectivity index (χ1v) is 8.07. The Morgan fingerprint density at radius 2 is 1.68 bits per heavy atom. The number of Topliss-reactive ketones (excluding diaryl/α,β-unsaturated/α-hetero) is 1. The predicted octanol–water partition coefficient (Wildman–Crippen LogP) is 3.45. The Hall–Kier alpha value is -0.960. The van der Waals surface area contributed by atoms with Gasteiger partial charge in [-0.2, -0.15) is 0 Å². The molecule has 4 nitrogen and oxygen atoms in total. The Bertz CT molecular complexity index is 434. The zero-order valence-corrected chi connectivity index (χ0v) is 12.6. The van der Waals surface area contributed by atoms with Crippen LogP contribution < -0.4 is 0 Å². The van der Waals surface area contributed by atoms with Crippen molar-refractivity contribution in [3.8, 4) is 0 Å². The van der Waals surface area contributed by atoms with Crippen LogP contribution in [0.3, 0.4) is 0 Å². The third-order valence-corrected chi connectivity index (χ3v) is 5.29. The minimum absolute atomic E-state index is 0.172. The highest BCUT2D eigenvalue weighted by molar-refractivity contribution is 7.55. The molecule has 0 fully saturated rings. The Labute approximate surface area is 114 Å². The maximum Gasteiger partial charge on any atom is 0.341 e. The normalized spacial score (nSPS) is 13.2. The van der Waals surface area contributed by atoms with Crippen LogP contribution in [-0.2, 0) is 24.8 Å². The Morgan fingerprint density at radius 3 is 2.11 bits per heavy atom. The van der Waals surface area contributed by atoms with Crippen molar-refractivity contribution in [2.45, 2.75) is 32.9 Å². The average Bonchev–Trinajstić information content (AvgIpc) is 2.37. The second-order valence-corrected chi connectivity index (χ2v) is 6.41. The van der Waals surface area contributed by atoms with E-state index in [1.165, 1.54) is 6.92 Å². The molecule has 1 rings (SSSR count). The van der Waals surface area contributed by atoms with Crippen molar-refractivity contribution in [1.82, 2.24) is 0 Å². The van der Waals surface area contributed by atoms with E-state index in [4.69, 9.17) is 9.05 Å². The maximum absolute atomic E-state index is 12.7. The first-order chi connectivity index (χ1) is 9.03. The fourth-order valence-corrected chi connectivity index (χ4v) is 3.93. The lowest BCUT2D eigenvalue weighted by atomic mass is 10.1. The van der Waals surface area contributed by atoms with Crippen molar-refractivity contribution < 1.29 is 18.4 Å². The average molecular weight is 284 g/mol. The highest BCUT2D eigenvalue weighted by atomic mass is 31.2. The van der Waals surface area contributed by atoms with E-state index in [9.17, 15) is 9.36 Å². The van der Waals surface area contributed by atoms with Crippen LogP contribution in [0.2, 0.25) is 0 Å². The van der Waals surface area contributed by atoms with E-state index in [1.807, 2.05) is 30.3 Å². The summed E-state index contributed by atoms with van der Waals surface area (Å²) in [7, 11) is -3.40. The largest absolute Gasteiger partial charge is 0.341 e. The summed E-state index contributed by atoms with van der Waals surface area (Å²) in [6.45, 7) is 5.43. The van der Waals surface area contributed by atoms with E-state index in [0.29, 0.717) is 6.42 Å². The minimum Gasteiger partial charge on any atom is -0.308 e. The van der Waals surface area contributed by atoms with Gasteiger partial charge in [-0.05, 0) is 32.8 Å². The maximum atomic E-state index is 12.7. The summed E-state index contributed by atoms with van der Waals surface area (Å²) in [6.07, 6.45) is 0.369. The zero-order chi connectivity index (χ0) is 14.3. The number of rotatable bonds is 8. The van der Waals surface area contributed by atoms with Crippen molar-refractivity contribution in [2.75, 3.05) is 13.2 Å². The third kappa shape index (κ3) is 4.57. The molecule has 1 atom stereocenters. The molecule has 0 radical (unpaired) electrons. The van der Waals surface area contributed by atoms with Gasteiger partial charge in [0.05, 0.1) is 13.2 Å². The number of carbonyl (C=O) groups excluding carboxylic acids is 1. The van der Waals surface area contributed by atoms with Gasteiger partial charge in [0.25, 0.3) is 0 Å². The van der Waals surface area contributed by atoms with Crippen LogP contribution in [-0.4, -0.2) is 24.7 Å². The SMILES string of the molecule is CCOP(=O)(OCC)C(Cc1ccccc1)C(C)=O. The lowest BCUT2D eigenvalue weighted by Crippen LogP contribution is -2.24. The van der Waals surface area contributed by atoms with Gasteiger partial charge in [-0.15, -0.1) is 0 Å². The highest BCUT2D eigenvalue weighted by Gasteiger charge is 2.38. The molecule has 0 heterocycles. The van der Waals surface area contributed by atoms with Crippen LogP contribution in [0.25, 0.3) is 0 Å². The topological polar surface area (TPSA) is 52.6 Å². The molecule has 1 unspecified atom stereocenters. The van der Waals surface area contributed by atoms with Gasteiger partial charge in [-0.3, -0.25) is 9.36 Å². The van der Waals surface area contributed by atoms with Crippen molar-refractivity contribution in [3.05, 3.63) is 35.9 Å². The molecule has 0 aliphatic heterocycles. The number of ketones is 1. The van der Waals surface area contributed by atoms with Crippen molar-refractivity contribution in [2.24, 2.45) is 0 Å². The lowest BCUT2D eigenvalue weighted by molar-refractivity contribution is -0.117. The molecule has 0 saturated carbocycles. The van der Waals surface area contributed by atoms with Crippen LogP contribution in [0.4, 0.5) is 0 Å². The van der Waals surface area contributed by atoms with Gasteiger partial charge in [-0.1, -0.05) is 30.3 Å². The van der Waals surface area contributed by atoms with Gasteiger partial charge in [-0.25, -0.2) is 0 Å².